The van der Waals surface area contributed by atoms with Crippen molar-refractivity contribution in [3.8, 4) is 11.5 Å². The molecule has 1 aromatic carbocycles. The van der Waals surface area contributed by atoms with Crippen molar-refractivity contribution in [1.82, 2.24) is 20.5 Å². The number of hydrogen-bond acceptors (Lipinski definition) is 6. The molecule has 2 aromatic rings. The second-order valence-corrected chi connectivity index (χ2v) is 5.76. The number of aromatic nitrogens is 3. The highest BCUT2D eigenvalue weighted by Gasteiger charge is 2.16. The van der Waals surface area contributed by atoms with Gasteiger partial charge < -0.3 is 14.8 Å². The Labute approximate surface area is 149 Å². The van der Waals surface area contributed by atoms with Crippen LogP contribution < -0.4 is 20.3 Å². The molecule has 134 valence electrons. The van der Waals surface area contributed by atoms with Gasteiger partial charge in [0.15, 0.2) is 4.77 Å². The summed E-state index contributed by atoms with van der Waals surface area (Å²) in [6.45, 7) is 1.85. The molecule has 0 unspecified atom stereocenters. The summed E-state index contributed by atoms with van der Waals surface area (Å²) < 4.78 is 10.7. The number of methoxy groups -OCH3 is 2. The van der Waals surface area contributed by atoms with E-state index in [1.165, 1.54) is 0 Å². The molecule has 1 heterocycles. The Balaban J connectivity index is 2.02. The van der Waals surface area contributed by atoms with Gasteiger partial charge in [-0.15, -0.1) is 0 Å². The van der Waals surface area contributed by atoms with E-state index in [9.17, 15) is 9.59 Å². The standard InChI is InChI=1S/C16H20N4O4S/c1-9(11-8-10(23-2)4-6-13(11)24-3)17-14(21)7-5-12-15(22)18-16(25)20-19-12/h4,6,8-9H,5,7H2,1-3H3,(H,17,21)(H2,18,20,22,25)/t9-/m1/s1. The molecular weight excluding hydrogens is 344 g/mol. The lowest BCUT2D eigenvalue weighted by molar-refractivity contribution is -0.121. The number of ether oxygens (including phenoxy) is 2. The summed E-state index contributed by atoms with van der Waals surface area (Å²) >= 11 is 4.78. The zero-order valence-electron chi connectivity index (χ0n) is 14.2. The molecule has 9 heteroatoms. The largest absolute Gasteiger partial charge is 0.497 e. The number of nitrogens with zero attached hydrogens (tertiary/aromatic N) is 1. The first-order valence-electron chi connectivity index (χ1n) is 7.63. The van der Waals surface area contributed by atoms with Gasteiger partial charge in [0.2, 0.25) is 5.91 Å². The zero-order valence-corrected chi connectivity index (χ0v) is 15.0. The third-order valence-corrected chi connectivity index (χ3v) is 3.84. The molecule has 0 saturated carbocycles. The van der Waals surface area contributed by atoms with E-state index in [2.05, 4.69) is 20.5 Å². The van der Waals surface area contributed by atoms with E-state index in [-0.39, 0.29) is 40.8 Å². The maximum absolute atomic E-state index is 12.2. The molecule has 0 radical (unpaired) electrons. The minimum atomic E-state index is -0.390. The highest BCUT2D eigenvalue weighted by molar-refractivity contribution is 7.71. The van der Waals surface area contributed by atoms with E-state index in [1.54, 1.807) is 26.4 Å². The molecule has 1 aromatic heterocycles. The Morgan fingerprint density at radius 1 is 1.36 bits per heavy atom. The first-order chi connectivity index (χ1) is 11.9. The van der Waals surface area contributed by atoms with Crippen LogP contribution in [0, 0.1) is 4.77 Å². The molecule has 8 nitrogen and oxygen atoms in total. The van der Waals surface area contributed by atoms with E-state index in [1.807, 2.05) is 13.0 Å². The molecule has 0 fully saturated rings. The van der Waals surface area contributed by atoms with Crippen molar-refractivity contribution < 1.29 is 14.3 Å². The Kier molecular flexibility index (Phi) is 6.29. The molecule has 1 amide bonds. The molecule has 0 aliphatic carbocycles. The predicted molar refractivity (Wildman–Crippen MR) is 94.5 cm³/mol. The van der Waals surface area contributed by atoms with Crippen molar-refractivity contribution in [2.45, 2.75) is 25.8 Å². The summed E-state index contributed by atoms with van der Waals surface area (Å²) in [4.78, 5) is 26.3. The van der Waals surface area contributed by atoms with E-state index >= 15 is 0 Å². The fraction of sp³-hybridized carbons (Fsp3) is 0.375. The van der Waals surface area contributed by atoms with Crippen molar-refractivity contribution >= 4 is 18.1 Å². The summed E-state index contributed by atoms with van der Waals surface area (Å²) in [6.07, 6.45) is 0.326. The minimum absolute atomic E-state index is 0.122. The van der Waals surface area contributed by atoms with Gasteiger partial charge in [0, 0.05) is 18.4 Å². The number of benzene rings is 1. The number of aromatic amines is 2. The van der Waals surface area contributed by atoms with Crippen LogP contribution in [0.2, 0.25) is 0 Å². The van der Waals surface area contributed by atoms with Gasteiger partial charge >= 0.3 is 0 Å². The number of nitrogens with one attached hydrogen (secondary N) is 3. The minimum Gasteiger partial charge on any atom is -0.497 e. The lowest BCUT2D eigenvalue weighted by atomic mass is 10.1. The van der Waals surface area contributed by atoms with Crippen LogP contribution in [-0.2, 0) is 11.2 Å². The van der Waals surface area contributed by atoms with Gasteiger partial charge in [-0.2, -0.15) is 5.10 Å². The van der Waals surface area contributed by atoms with Crippen LogP contribution in [0.5, 0.6) is 11.5 Å². The fourth-order valence-electron chi connectivity index (χ4n) is 2.34. The number of amides is 1. The van der Waals surface area contributed by atoms with Crippen LogP contribution in [0.1, 0.15) is 30.6 Å². The van der Waals surface area contributed by atoms with Crippen LogP contribution in [0.4, 0.5) is 0 Å². The molecule has 0 spiro atoms. The van der Waals surface area contributed by atoms with Crippen molar-refractivity contribution in [2.75, 3.05) is 14.2 Å². The highest BCUT2D eigenvalue weighted by atomic mass is 32.1. The molecule has 3 N–H and O–H groups in total. The van der Waals surface area contributed by atoms with Crippen LogP contribution in [0.25, 0.3) is 0 Å². The Morgan fingerprint density at radius 3 is 2.76 bits per heavy atom. The molecule has 2 rings (SSSR count). The van der Waals surface area contributed by atoms with Crippen molar-refractivity contribution in [1.29, 1.82) is 0 Å². The molecule has 1 atom stereocenters. The van der Waals surface area contributed by atoms with E-state index < -0.39 is 0 Å². The van der Waals surface area contributed by atoms with Gasteiger partial charge in [0.25, 0.3) is 5.56 Å². The van der Waals surface area contributed by atoms with E-state index in [4.69, 9.17) is 21.7 Å². The van der Waals surface area contributed by atoms with Crippen molar-refractivity contribution in [3.05, 3.63) is 44.6 Å². The van der Waals surface area contributed by atoms with Gasteiger partial charge in [-0.25, -0.2) is 0 Å². The van der Waals surface area contributed by atoms with Crippen molar-refractivity contribution in [2.24, 2.45) is 0 Å². The summed E-state index contributed by atoms with van der Waals surface area (Å²) in [5.74, 6) is 1.12. The number of aryl methyl sites for hydroxylation is 1. The summed E-state index contributed by atoms with van der Waals surface area (Å²) in [5.41, 5.74) is 0.643. The van der Waals surface area contributed by atoms with Gasteiger partial charge in [0.05, 0.1) is 20.3 Å². The van der Waals surface area contributed by atoms with Gasteiger partial charge in [0.1, 0.15) is 17.2 Å². The summed E-state index contributed by atoms with van der Waals surface area (Å²) in [6, 6.07) is 5.10. The Hall–Kier alpha value is -2.68. The number of hydrogen-bond donors (Lipinski definition) is 3. The molecule has 0 saturated heterocycles. The fourth-order valence-corrected chi connectivity index (χ4v) is 2.48. The maximum Gasteiger partial charge on any atom is 0.273 e. The Morgan fingerprint density at radius 2 is 2.12 bits per heavy atom. The predicted octanol–water partition coefficient (Wildman–Crippen LogP) is 1.65. The van der Waals surface area contributed by atoms with E-state index in [0.29, 0.717) is 11.5 Å². The molecule has 25 heavy (non-hydrogen) atoms. The van der Waals surface area contributed by atoms with Gasteiger partial charge in [-0.1, -0.05) is 0 Å². The normalized spacial score (nSPS) is 11.6. The molecule has 0 aliphatic rings. The second kappa shape index (κ2) is 8.43. The quantitative estimate of drug-likeness (QED) is 0.645. The number of H-pyrrole nitrogens is 2. The first kappa shape index (κ1) is 18.7. The van der Waals surface area contributed by atoms with Crippen LogP contribution >= 0.6 is 12.2 Å². The monoisotopic (exact) mass is 364 g/mol. The average Bonchev–Trinajstić information content (AvgIpc) is 2.60. The zero-order chi connectivity index (χ0) is 18.4. The number of rotatable bonds is 7. The molecular formula is C16H20N4O4S. The number of carbonyl (C=O) groups is 1. The lowest BCUT2D eigenvalue weighted by Gasteiger charge is -2.18. The van der Waals surface area contributed by atoms with Crippen LogP contribution in [-0.4, -0.2) is 35.3 Å². The van der Waals surface area contributed by atoms with E-state index in [0.717, 1.165) is 5.56 Å². The smallest absolute Gasteiger partial charge is 0.273 e. The topological polar surface area (TPSA) is 109 Å². The lowest BCUT2D eigenvalue weighted by Crippen LogP contribution is -2.28. The summed E-state index contributed by atoms with van der Waals surface area (Å²) in [7, 11) is 3.14. The second-order valence-electron chi connectivity index (χ2n) is 5.35. The molecule has 0 aliphatic heterocycles. The number of carbonyl (C=O) groups excluding carboxylic acids is 1. The van der Waals surface area contributed by atoms with Crippen molar-refractivity contribution in [3.63, 3.8) is 0 Å². The van der Waals surface area contributed by atoms with Gasteiger partial charge in [-0.3, -0.25) is 19.7 Å². The van der Waals surface area contributed by atoms with Crippen LogP contribution in [0.3, 0.4) is 0 Å². The van der Waals surface area contributed by atoms with Crippen LogP contribution in [0.15, 0.2) is 23.0 Å². The summed E-state index contributed by atoms with van der Waals surface area (Å²) in [5, 5.41) is 9.23. The van der Waals surface area contributed by atoms with Gasteiger partial charge in [-0.05, 0) is 37.3 Å². The molecule has 0 bridgehead atoms. The SMILES string of the molecule is COc1ccc(OC)c([C@@H](C)NC(=O)CCc2n[nH]c(=S)[nH]c2=O)c1. The Bertz CT molecular complexity index is 862. The average molecular weight is 364 g/mol. The maximum atomic E-state index is 12.2. The third kappa shape index (κ3) is 4.90. The highest BCUT2D eigenvalue weighted by Crippen LogP contribution is 2.29. The third-order valence-electron chi connectivity index (χ3n) is 3.65. The first-order valence-corrected chi connectivity index (χ1v) is 8.04.